The van der Waals surface area contributed by atoms with E-state index in [0.29, 0.717) is 6.54 Å². The Morgan fingerprint density at radius 1 is 1.17 bits per heavy atom. The van der Waals surface area contributed by atoms with Crippen molar-refractivity contribution in [3.05, 3.63) is 35.4 Å². The van der Waals surface area contributed by atoms with Crippen molar-refractivity contribution in [1.29, 1.82) is 0 Å². The molecular formula is C13H21NO3S. The van der Waals surface area contributed by atoms with Gasteiger partial charge in [-0.2, -0.15) is 0 Å². The number of nitrogens with zero attached hydrogens (tertiary/aromatic N) is 1. The van der Waals surface area contributed by atoms with Crippen LogP contribution >= 0.6 is 0 Å². The van der Waals surface area contributed by atoms with E-state index >= 15 is 0 Å². The van der Waals surface area contributed by atoms with Crippen molar-refractivity contribution < 1.29 is 13.5 Å². The first kappa shape index (κ1) is 15.1. The number of benzene rings is 1. The van der Waals surface area contributed by atoms with Crippen LogP contribution in [0.15, 0.2) is 24.3 Å². The number of aliphatic hydroxyl groups excluding tert-OH is 1. The van der Waals surface area contributed by atoms with Gasteiger partial charge in [-0.05, 0) is 17.7 Å². The average molecular weight is 271 g/mol. The van der Waals surface area contributed by atoms with Crippen LogP contribution in [0, 0.1) is 0 Å². The third kappa shape index (κ3) is 5.62. The van der Waals surface area contributed by atoms with Crippen LogP contribution in [0.2, 0.25) is 0 Å². The van der Waals surface area contributed by atoms with Crippen LogP contribution in [0.1, 0.15) is 18.1 Å². The quantitative estimate of drug-likeness (QED) is 0.805. The van der Waals surface area contributed by atoms with Gasteiger partial charge in [-0.15, -0.1) is 0 Å². The van der Waals surface area contributed by atoms with E-state index in [0.717, 1.165) is 24.2 Å². The van der Waals surface area contributed by atoms with Crippen LogP contribution in [0.25, 0.3) is 0 Å². The molecule has 1 rings (SSSR count). The molecule has 0 aliphatic carbocycles. The van der Waals surface area contributed by atoms with Gasteiger partial charge >= 0.3 is 0 Å². The summed E-state index contributed by atoms with van der Waals surface area (Å²) in [6, 6.07) is 7.71. The van der Waals surface area contributed by atoms with Gasteiger partial charge in [0.15, 0.2) is 0 Å². The Hall–Kier alpha value is -0.910. The molecule has 0 spiro atoms. The fourth-order valence-electron chi connectivity index (χ4n) is 1.65. The van der Waals surface area contributed by atoms with Crippen LogP contribution in [0.5, 0.6) is 0 Å². The highest BCUT2D eigenvalue weighted by Gasteiger charge is 2.08. The van der Waals surface area contributed by atoms with Gasteiger partial charge in [0.25, 0.3) is 0 Å². The molecule has 0 unspecified atom stereocenters. The smallest absolute Gasteiger partial charge is 0.148 e. The van der Waals surface area contributed by atoms with Gasteiger partial charge in [-0.3, -0.25) is 4.90 Å². The molecule has 4 nitrogen and oxygen atoms in total. The van der Waals surface area contributed by atoms with Crippen molar-refractivity contribution in [2.45, 2.75) is 20.1 Å². The van der Waals surface area contributed by atoms with Gasteiger partial charge < -0.3 is 5.11 Å². The zero-order chi connectivity index (χ0) is 13.6. The number of hydrogen-bond acceptors (Lipinski definition) is 4. The molecule has 0 saturated carbocycles. The lowest BCUT2D eigenvalue weighted by Crippen LogP contribution is -2.28. The minimum absolute atomic E-state index is 0.0475. The van der Waals surface area contributed by atoms with Crippen molar-refractivity contribution >= 4 is 9.84 Å². The summed E-state index contributed by atoms with van der Waals surface area (Å²) in [6.07, 6.45) is 1.26. The maximum Gasteiger partial charge on any atom is 0.148 e. The van der Waals surface area contributed by atoms with Crippen LogP contribution in [0.4, 0.5) is 0 Å². The van der Waals surface area contributed by atoms with E-state index in [1.54, 1.807) is 0 Å². The topological polar surface area (TPSA) is 57.6 Å². The Kier molecular flexibility index (Phi) is 5.78. The molecule has 0 radical (unpaired) electrons. The Morgan fingerprint density at radius 2 is 1.72 bits per heavy atom. The molecule has 1 aromatic carbocycles. The Morgan fingerprint density at radius 3 is 2.17 bits per heavy atom. The molecule has 18 heavy (non-hydrogen) atoms. The summed E-state index contributed by atoms with van der Waals surface area (Å²) in [5, 5.41) is 8.95. The number of hydrogen-bond donors (Lipinski definition) is 1. The second-order valence-corrected chi connectivity index (χ2v) is 6.73. The molecule has 1 N–H and O–H groups in total. The van der Waals surface area contributed by atoms with E-state index < -0.39 is 9.84 Å². The van der Waals surface area contributed by atoms with E-state index in [9.17, 15) is 8.42 Å². The second kappa shape index (κ2) is 6.87. The van der Waals surface area contributed by atoms with Gasteiger partial charge in [-0.25, -0.2) is 8.42 Å². The summed E-state index contributed by atoms with van der Waals surface area (Å²) in [5.41, 5.74) is 2.01. The second-order valence-electron chi connectivity index (χ2n) is 4.47. The third-order valence-corrected chi connectivity index (χ3v) is 3.76. The van der Waals surface area contributed by atoms with Crippen LogP contribution in [0.3, 0.4) is 0 Å². The average Bonchev–Trinajstić information content (AvgIpc) is 2.34. The fourth-order valence-corrected chi connectivity index (χ4v) is 2.24. The first-order valence-electron chi connectivity index (χ1n) is 6.03. The molecule has 0 aromatic heterocycles. The van der Waals surface area contributed by atoms with Crippen molar-refractivity contribution in [3.63, 3.8) is 0 Å². The summed E-state index contributed by atoms with van der Waals surface area (Å²) in [7, 11) is -2.91. The summed E-state index contributed by atoms with van der Waals surface area (Å²) in [6.45, 7) is 4.17. The van der Waals surface area contributed by atoms with Crippen LogP contribution in [-0.4, -0.2) is 43.5 Å². The van der Waals surface area contributed by atoms with E-state index in [1.807, 2.05) is 31.2 Å². The van der Waals surface area contributed by atoms with E-state index in [2.05, 4.69) is 4.90 Å². The molecule has 0 aliphatic rings. The number of aliphatic hydroxyl groups is 1. The fraction of sp³-hybridized carbons (Fsp3) is 0.538. The highest BCUT2D eigenvalue weighted by atomic mass is 32.2. The highest BCUT2D eigenvalue weighted by Crippen LogP contribution is 2.07. The molecule has 0 bridgehead atoms. The van der Waals surface area contributed by atoms with Crippen molar-refractivity contribution in [3.8, 4) is 0 Å². The summed E-state index contributed by atoms with van der Waals surface area (Å²) >= 11 is 0. The van der Waals surface area contributed by atoms with E-state index in [4.69, 9.17) is 5.11 Å². The Balaban J connectivity index is 2.56. The standard InChI is InChI=1S/C13H21NO3S/c1-3-14(8-9-18(2,16)17)10-12-4-6-13(11-15)7-5-12/h4-7,15H,3,8-11H2,1-2H3. The lowest BCUT2D eigenvalue weighted by molar-refractivity contribution is 0.281. The molecule has 0 fully saturated rings. The molecule has 0 heterocycles. The first-order chi connectivity index (χ1) is 8.44. The normalized spacial score (nSPS) is 12.0. The molecule has 0 amide bonds. The maximum absolute atomic E-state index is 11.1. The number of rotatable bonds is 7. The van der Waals surface area contributed by atoms with Gasteiger partial charge in [0.05, 0.1) is 12.4 Å². The SMILES string of the molecule is CCN(CCS(C)(=O)=O)Cc1ccc(CO)cc1. The predicted molar refractivity (Wildman–Crippen MR) is 73.0 cm³/mol. The van der Waals surface area contributed by atoms with Gasteiger partial charge in [0.1, 0.15) is 9.84 Å². The van der Waals surface area contributed by atoms with Crippen LogP contribution < -0.4 is 0 Å². The molecule has 1 aromatic rings. The van der Waals surface area contributed by atoms with Crippen molar-refractivity contribution in [2.75, 3.05) is 25.1 Å². The van der Waals surface area contributed by atoms with Crippen molar-refractivity contribution in [2.24, 2.45) is 0 Å². The van der Waals surface area contributed by atoms with E-state index in [-0.39, 0.29) is 12.4 Å². The highest BCUT2D eigenvalue weighted by molar-refractivity contribution is 7.90. The lowest BCUT2D eigenvalue weighted by atomic mass is 10.1. The van der Waals surface area contributed by atoms with Crippen molar-refractivity contribution in [1.82, 2.24) is 4.90 Å². The van der Waals surface area contributed by atoms with E-state index in [1.165, 1.54) is 6.26 Å². The molecule has 0 atom stereocenters. The first-order valence-corrected chi connectivity index (χ1v) is 8.09. The third-order valence-electron chi connectivity index (χ3n) is 2.84. The van der Waals surface area contributed by atoms with Gasteiger partial charge in [-0.1, -0.05) is 31.2 Å². The monoisotopic (exact) mass is 271 g/mol. The summed E-state index contributed by atoms with van der Waals surface area (Å²) in [4.78, 5) is 2.09. The largest absolute Gasteiger partial charge is 0.392 e. The maximum atomic E-state index is 11.1. The van der Waals surface area contributed by atoms with Gasteiger partial charge in [0, 0.05) is 19.3 Å². The van der Waals surface area contributed by atoms with Gasteiger partial charge in [0.2, 0.25) is 0 Å². The minimum Gasteiger partial charge on any atom is -0.392 e. The zero-order valence-corrected chi connectivity index (χ0v) is 11.8. The Bertz CT molecular complexity index is 454. The summed E-state index contributed by atoms with van der Waals surface area (Å²) < 4.78 is 22.3. The lowest BCUT2D eigenvalue weighted by Gasteiger charge is -2.20. The molecule has 0 saturated heterocycles. The van der Waals surface area contributed by atoms with Crippen LogP contribution in [-0.2, 0) is 23.0 Å². The molecule has 102 valence electrons. The minimum atomic E-state index is -2.91. The molecule has 0 aliphatic heterocycles. The Labute approximate surface area is 109 Å². The number of sulfone groups is 1. The molecular weight excluding hydrogens is 250 g/mol. The molecule has 5 heteroatoms. The summed E-state index contributed by atoms with van der Waals surface area (Å²) in [5.74, 6) is 0.190. The predicted octanol–water partition coefficient (Wildman–Crippen LogP) is 1.05. The zero-order valence-electron chi connectivity index (χ0n) is 11.0.